The van der Waals surface area contributed by atoms with Gasteiger partial charge in [-0.15, -0.1) is 35.3 Å². The molecule has 1 aromatic heterocycles. The summed E-state index contributed by atoms with van der Waals surface area (Å²) in [5, 5.41) is 7.68. The van der Waals surface area contributed by atoms with Crippen molar-refractivity contribution in [2.75, 3.05) is 13.2 Å². The monoisotopic (exact) mass is 516 g/mol. The minimum atomic E-state index is 0. The maximum absolute atomic E-state index is 5.90. The molecule has 1 unspecified atom stereocenters. The lowest BCUT2D eigenvalue weighted by Gasteiger charge is -2.13. The van der Waals surface area contributed by atoms with Crippen molar-refractivity contribution >= 4 is 41.3 Å². The van der Waals surface area contributed by atoms with Crippen LogP contribution < -0.4 is 20.1 Å². The number of aliphatic imine (C=N–C) groups is 1. The quantitative estimate of drug-likeness (QED) is 0.330. The molecule has 154 valence electrons. The second-order valence-electron chi connectivity index (χ2n) is 6.55. The van der Waals surface area contributed by atoms with Crippen LogP contribution >= 0.6 is 35.3 Å². The molecule has 0 saturated heterocycles. The van der Waals surface area contributed by atoms with Gasteiger partial charge in [-0.1, -0.05) is 0 Å². The van der Waals surface area contributed by atoms with E-state index in [1.165, 1.54) is 10.4 Å². The Morgan fingerprint density at radius 2 is 2.18 bits per heavy atom. The highest BCUT2D eigenvalue weighted by molar-refractivity contribution is 14.0. The molecule has 0 aliphatic carbocycles. The van der Waals surface area contributed by atoms with Crippen molar-refractivity contribution in [3.8, 4) is 11.5 Å². The third-order valence-electron chi connectivity index (χ3n) is 4.21. The number of thiazole rings is 1. The van der Waals surface area contributed by atoms with Crippen LogP contribution in [0.1, 0.15) is 41.8 Å². The van der Waals surface area contributed by atoms with E-state index in [0.29, 0.717) is 19.7 Å². The van der Waals surface area contributed by atoms with Gasteiger partial charge in [-0.05, 0) is 39.8 Å². The molecule has 0 amide bonds. The molecule has 0 spiro atoms. The number of guanidine groups is 1. The standard InChI is InChI=1S/C20H28N4O2S.HI/c1-5-21-20(24-12-19-22-10-14(4)27-19)23-11-16-9-18-15(7-13(3)26-18)8-17(16)25-6-2;/h8-10,13H,5-7,11-12H2,1-4H3,(H2,21,23,24);1H. The lowest BCUT2D eigenvalue weighted by molar-refractivity contribution is 0.254. The molecule has 0 fully saturated rings. The highest BCUT2D eigenvalue weighted by Crippen LogP contribution is 2.35. The predicted octanol–water partition coefficient (Wildman–Crippen LogP) is 4.05. The topological polar surface area (TPSA) is 67.8 Å². The van der Waals surface area contributed by atoms with E-state index >= 15 is 0 Å². The SMILES string of the molecule is CCNC(=NCc1cc2c(cc1OCC)CC(C)O2)NCc1ncc(C)s1.I. The van der Waals surface area contributed by atoms with E-state index in [4.69, 9.17) is 14.5 Å². The molecule has 8 heteroatoms. The molecule has 28 heavy (non-hydrogen) atoms. The van der Waals surface area contributed by atoms with Crippen molar-refractivity contribution in [1.29, 1.82) is 0 Å². The lowest BCUT2D eigenvalue weighted by Crippen LogP contribution is -2.36. The number of nitrogens with one attached hydrogen (secondary N) is 2. The maximum atomic E-state index is 5.90. The Morgan fingerprint density at radius 3 is 2.86 bits per heavy atom. The Bertz CT molecular complexity index is 809. The van der Waals surface area contributed by atoms with Crippen LogP contribution in [0, 0.1) is 6.92 Å². The van der Waals surface area contributed by atoms with E-state index in [9.17, 15) is 0 Å². The highest BCUT2D eigenvalue weighted by atomic mass is 127. The molecule has 6 nitrogen and oxygen atoms in total. The van der Waals surface area contributed by atoms with Crippen LogP contribution in [0.4, 0.5) is 0 Å². The van der Waals surface area contributed by atoms with Crippen LogP contribution in [-0.4, -0.2) is 30.2 Å². The third kappa shape index (κ3) is 5.97. The minimum Gasteiger partial charge on any atom is -0.494 e. The molecule has 0 saturated carbocycles. The van der Waals surface area contributed by atoms with Crippen LogP contribution in [0.15, 0.2) is 23.3 Å². The van der Waals surface area contributed by atoms with E-state index in [1.807, 2.05) is 13.1 Å². The number of rotatable bonds is 7. The van der Waals surface area contributed by atoms with Gasteiger partial charge in [0, 0.05) is 35.2 Å². The number of ether oxygens (including phenoxy) is 2. The third-order valence-corrected chi connectivity index (χ3v) is 5.12. The number of aryl methyl sites for hydroxylation is 1. The molecule has 1 aliphatic rings. The molecule has 2 aromatic rings. The molecular weight excluding hydrogens is 487 g/mol. The van der Waals surface area contributed by atoms with Gasteiger partial charge in [-0.25, -0.2) is 9.98 Å². The summed E-state index contributed by atoms with van der Waals surface area (Å²) in [5.74, 6) is 2.61. The summed E-state index contributed by atoms with van der Waals surface area (Å²) in [6.45, 7) is 10.8. The number of hydrogen-bond donors (Lipinski definition) is 2. The fourth-order valence-corrected chi connectivity index (χ4v) is 3.77. The zero-order valence-corrected chi connectivity index (χ0v) is 20.0. The number of fused-ring (bicyclic) bond motifs is 1. The smallest absolute Gasteiger partial charge is 0.191 e. The van der Waals surface area contributed by atoms with Crippen molar-refractivity contribution in [2.45, 2.75) is 53.3 Å². The summed E-state index contributed by atoms with van der Waals surface area (Å²) in [6, 6.07) is 4.17. The van der Waals surface area contributed by atoms with Crippen molar-refractivity contribution in [3.63, 3.8) is 0 Å². The van der Waals surface area contributed by atoms with E-state index in [1.54, 1.807) is 11.3 Å². The fourth-order valence-electron chi connectivity index (χ4n) is 3.04. The molecule has 1 aliphatic heterocycles. The van der Waals surface area contributed by atoms with Crippen LogP contribution in [0.2, 0.25) is 0 Å². The van der Waals surface area contributed by atoms with Crippen LogP contribution in [0.5, 0.6) is 11.5 Å². The number of halogens is 1. The van der Waals surface area contributed by atoms with E-state index in [2.05, 4.69) is 48.5 Å². The Hall–Kier alpha value is -1.55. The fraction of sp³-hybridized carbons (Fsp3) is 0.500. The summed E-state index contributed by atoms with van der Waals surface area (Å²) >= 11 is 1.69. The molecular formula is C20H29IN4O2S. The average molecular weight is 516 g/mol. The first-order valence-corrected chi connectivity index (χ1v) is 10.3. The summed E-state index contributed by atoms with van der Waals surface area (Å²) in [4.78, 5) is 10.3. The van der Waals surface area contributed by atoms with Gasteiger partial charge in [0.15, 0.2) is 5.96 Å². The number of nitrogens with zero attached hydrogens (tertiary/aromatic N) is 2. The highest BCUT2D eigenvalue weighted by Gasteiger charge is 2.21. The summed E-state index contributed by atoms with van der Waals surface area (Å²) in [5.41, 5.74) is 2.25. The van der Waals surface area contributed by atoms with Gasteiger partial charge in [0.05, 0.1) is 19.7 Å². The van der Waals surface area contributed by atoms with E-state index in [0.717, 1.165) is 41.0 Å². The molecule has 2 N–H and O–H groups in total. The molecule has 2 heterocycles. The van der Waals surface area contributed by atoms with Gasteiger partial charge >= 0.3 is 0 Å². The normalized spacial score (nSPS) is 15.4. The Labute approximate surface area is 188 Å². The number of benzene rings is 1. The first-order chi connectivity index (χ1) is 13.1. The van der Waals surface area contributed by atoms with Gasteiger partial charge < -0.3 is 20.1 Å². The molecule has 3 rings (SSSR count). The van der Waals surface area contributed by atoms with Crippen molar-refractivity contribution < 1.29 is 9.47 Å². The van der Waals surface area contributed by atoms with Gasteiger partial charge in [-0.3, -0.25) is 0 Å². The number of aromatic nitrogens is 1. The molecule has 1 atom stereocenters. The van der Waals surface area contributed by atoms with Gasteiger partial charge in [0.25, 0.3) is 0 Å². The lowest BCUT2D eigenvalue weighted by atomic mass is 10.1. The molecule has 0 radical (unpaired) electrons. The molecule has 1 aromatic carbocycles. The average Bonchev–Trinajstić information content (AvgIpc) is 3.21. The number of hydrogen-bond acceptors (Lipinski definition) is 5. The second-order valence-corrected chi connectivity index (χ2v) is 7.87. The first-order valence-electron chi connectivity index (χ1n) is 9.47. The Balaban J connectivity index is 0.00000280. The Kier molecular flexibility index (Phi) is 8.81. The summed E-state index contributed by atoms with van der Waals surface area (Å²) in [6.07, 6.45) is 3.04. The van der Waals surface area contributed by atoms with Crippen molar-refractivity contribution in [1.82, 2.24) is 15.6 Å². The first kappa shape index (κ1) is 22.7. The van der Waals surface area contributed by atoms with Crippen molar-refractivity contribution in [3.05, 3.63) is 39.3 Å². The largest absolute Gasteiger partial charge is 0.494 e. The minimum absolute atomic E-state index is 0. The maximum Gasteiger partial charge on any atom is 0.191 e. The Morgan fingerprint density at radius 1 is 1.36 bits per heavy atom. The summed E-state index contributed by atoms with van der Waals surface area (Å²) in [7, 11) is 0. The second kappa shape index (κ2) is 10.8. The molecule has 0 bridgehead atoms. The van der Waals surface area contributed by atoms with Gasteiger partial charge in [0.1, 0.15) is 22.6 Å². The summed E-state index contributed by atoms with van der Waals surface area (Å²) < 4.78 is 11.7. The zero-order chi connectivity index (χ0) is 19.2. The van der Waals surface area contributed by atoms with E-state index < -0.39 is 0 Å². The van der Waals surface area contributed by atoms with Crippen LogP contribution in [0.3, 0.4) is 0 Å². The van der Waals surface area contributed by atoms with Crippen molar-refractivity contribution in [2.24, 2.45) is 4.99 Å². The zero-order valence-electron chi connectivity index (χ0n) is 16.9. The van der Waals surface area contributed by atoms with Gasteiger partial charge in [-0.2, -0.15) is 0 Å². The predicted molar refractivity (Wildman–Crippen MR) is 125 cm³/mol. The van der Waals surface area contributed by atoms with Crippen LogP contribution in [-0.2, 0) is 19.5 Å². The van der Waals surface area contributed by atoms with Gasteiger partial charge in [0.2, 0.25) is 0 Å². The van der Waals surface area contributed by atoms with E-state index in [-0.39, 0.29) is 30.1 Å². The van der Waals surface area contributed by atoms with Crippen LogP contribution in [0.25, 0.3) is 0 Å².